The van der Waals surface area contributed by atoms with Crippen LogP contribution in [-0.4, -0.2) is 18.3 Å². The van der Waals surface area contributed by atoms with E-state index in [1.807, 2.05) is 0 Å². The third-order valence-electron chi connectivity index (χ3n) is 27.2. The van der Waals surface area contributed by atoms with Crippen molar-refractivity contribution in [3.63, 3.8) is 0 Å². The summed E-state index contributed by atoms with van der Waals surface area (Å²) in [5, 5.41) is 20.5. The van der Waals surface area contributed by atoms with Gasteiger partial charge in [-0.15, -0.1) is 0 Å². The Kier molecular flexibility index (Phi) is 16.7. The van der Waals surface area contributed by atoms with Gasteiger partial charge >= 0.3 is 0 Å². The van der Waals surface area contributed by atoms with Gasteiger partial charge in [-0.2, -0.15) is 0 Å². The van der Waals surface area contributed by atoms with Crippen molar-refractivity contribution >= 4 is 130 Å². The van der Waals surface area contributed by atoms with Gasteiger partial charge < -0.3 is 18.3 Å². The molecule has 27 rings (SSSR count). The molecule has 0 atom stereocenters. The minimum absolute atomic E-state index is 1.15. The zero-order valence-corrected chi connectivity index (χ0v) is 69.8. The Labute approximate surface area is 739 Å². The van der Waals surface area contributed by atoms with Crippen LogP contribution in [0.3, 0.4) is 0 Å². The molecule has 0 saturated carbocycles. The summed E-state index contributed by atoms with van der Waals surface area (Å²) < 4.78 is 9.57. The Morgan fingerprint density at radius 1 is 0.102 bits per heavy atom. The van der Waals surface area contributed by atoms with E-state index in [0.29, 0.717) is 0 Å². The second-order valence-electron chi connectivity index (χ2n) is 34.1. The van der Waals surface area contributed by atoms with Crippen LogP contribution < -0.4 is 0 Å². The van der Waals surface area contributed by atoms with Crippen molar-refractivity contribution in [2.24, 2.45) is 0 Å². The molecule has 1 aliphatic rings. The summed E-state index contributed by atoms with van der Waals surface area (Å²) in [7, 11) is 0. The third kappa shape index (κ3) is 11.7. The summed E-state index contributed by atoms with van der Waals surface area (Å²) in [5.74, 6) is 0. The second kappa shape index (κ2) is 29.4. The number of hydrogen-bond donors (Lipinski definition) is 0. The van der Waals surface area contributed by atoms with Crippen LogP contribution in [0, 0.1) is 0 Å². The van der Waals surface area contributed by atoms with Gasteiger partial charge in [0.25, 0.3) is 0 Å². The molecule has 0 fully saturated rings. The first-order valence-electron chi connectivity index (χ1n) is 44.2. The van der Waals surface area contributed by atoms with Gasteiger partial charge in [-0.05, 0) is 277 Å². The van der Waals surface area contributed by atoms with Crippen molar-refractivity contribution in [1.82, 2.24) is 18.3 Å². The number of rotatable bonds is 11. The average Bonchev–Trinajstić information content (AvgIpc) is 1.70. The van der Waals surface area contributed by atoms with E-state index >= 15 is 0 Å². The molecule has 0 amide bonds. The molecule has 22 aromatic carbocycles. The molecule has 0 radical (unpaired) electrons. The molecule has 128 heavy (non-hydrogen) atoms. The van der Waals surface area contributed by atoms with Crippen molar-refractivity contribution in [1.29, 1.82) is 0 Å². The highest BCUT2D eigenvalue weighted by Gasteiger charge is 2.25. The van der Waals surface area contributed by atoms with Gasteiger partial charge in [0.15, 0.2) is 0 Å². The minimum Gasteiger partial charge on any atom is -0.309 e. The van der Waals surface area contributed by atoms with E-state index in [2.05, 4.69) is 491 Å². The fraction of sp³-hybridized carbons (Fsp3) is 0. The van der Waals surface area contributed by atoms with Crippen LogP contribution in [0.25, 0.3) is 253 Å². The fourth-order valence-corrected chi connectivity index (χ4v) is 21.2. The van der Waals surface area contributed by atoms with Gasteiger partial charge in [0, 0.05) is 65.8 Å². The van der Waals surface area contributed by atoms with Crippen LogP contribution in [0.1, 0.15) is 0 Å². The summed E-state index contributed by atoms with van der Waals surface area (Å²) >= 11 is 0. The quantitative estimate of drug-likeness (QED) is 0.115. The molecular weight excluding hydrogens is 1550 g/mol. The van der Waals surface area contributed by atoms with Gasteiger partial charge in [0.05, 0.1) is 44.1 Å². The van der Waals surface area contributed by atoms with E-state index in [4.69, 9.17) is 0 Å². The third-order valence-corrected chi connectivity index (χ3v) is 27.2. The molecule has 1 aliphatic carbocycles. The van der Waals surface area contributed by atoms with Crippen molar-refractivity contribution in [2.75, 3.05) is 0 Å². The highest BCUT2D eigenvalue weighted by atomic mass is 15.0. The summed E-state index contributed by atoms with van der Waals surface area (Å²) in [6, 6.07) is 174. The fourth-order valence-electron chi connectivity index (χ4n) is 21.2. The van der Waals surface area contributed by atoms with Gasteiger partial charge in [0.1, 0.15) is 0 Å². The number of aromatic nitrogens is 4. The number of benzene rings is 22. The predicted octanol–water partition coefficient (Wildman–Crippen LogP) is 33.7. The van der Waals surface area contributed by atoms with Gasteiger partial charge in [-0.25, -0.2) is 0 Å². The van der Waals surface area contributed by atoms with Crippen molar-refractivity contribution in [3.8, 4) is 123 Å². The minimum atomic E-state index is 1.15. The Balaban J connectivity index is 0.000000136. The van der Waals surface area contributed by atoms with Crippen LogP contribution in [0.15, 0.2) is 473 Å². The van der Waals surface area contributed by atoms with Crippen LogP contribution in [0.2, 0.25) is 0 Å². The SMILES string of the molecule is c1ccc(-n2c3ccccc3c3cc(-c4ccc5c(c4)c4ccccc4n5-c4ccc(-c5ccc(-c6ccc(-c7ccc8c9c(cccc79)-c7ccccc7-8)cc6)cc5)cc4)ccc32)cc1.c1ccc(-n2c3ccccc3c3cc(-c4ccc5c(c4)c4ccccc4n5-c4ccc(-c5cccc(-c6ccc7c8ccccc8c8ccccc8c7c6)c5)cc4)ccc32)cc1. The van der Waals surface area contributed by atoms with Gasteiger partial charge in [-0.3, -0.25) is 0 Å². The first-order chi connectivity index (χ1) is 63.5. The highest BCUT2D eigenvalue weighted by Crippen LogP contribution is 2.51. The molecule has 0 unspecified atom stereocenters. The van der Waals surface area contributed by atoms with E-state index in [0.717, 1.165) is 11.4 Å². The van der Waals surface area contributed by atoms with Crippen molar-refractivity contribution in [2.45, 2.75) is 0 Å². The standard InChI is InChI=1S/C64H40N2.C60H38N2/c1-2-11-48(12-3-1)65-60-19-8-6-15-53(60)58-39-46(31-37-62(58)65)47-32-38-63-59(40-47)54-16-7-9-20-61(54)66(63)49-33-29-44(30-34-49)42-23-21-41(22-24-42)43-25-27-45(28-26-43)50-35-36-57-52-14-5-4-13-51(52)56-18-10-17-55(50)64(56)57;1-2-15-45(16-3-1)61-57-23-10-8-21-52(57)55-37-43(28-33-59(55)61)44-29-34-60-56(38-44)53-22-9-11-24-58(53)62(60)46-30-25-39(26-31-46)40-13-12-14-41(35-40)42-27-32-51-49-19-5-4-17-47(49)48-18-6-7-20-50(48)54(51)36-42/h1-40H;1-38H. The summed E-state index contributed by atoms with van der Waals surface area (Å²) in [4.78, 5) is 0. The van der Waals surface area contributed by atoms with Crippen molar-refractivity contribution < 1.29 is 0 Å². The van der Waals surface area contributed by atoms with Crippen LogP contribution in [0.5, 0.6) is 0 Å². The summed E-state index contributed by atoms with van der Waals surface area (Å²) in [5.41, 5.74) is 36.6. The largest absolute Gasteiger partial charge is 0.309 e. The zero-order valence-electron chi connectivity index (χ0n) is 69.8. The first kappa shape index (κ1) is 72.7. The lowest BCUT2D eigenvalue weighted by Gasteiger charge is -2.13. The lowest BCUT2D eigenvalue weighted by atomic mass is 9.91. The maximum absolute atomic E-state index is 2.41. The summed E-state index contributed by atoms with van der Waals surface area (Å²) in [6.45, 7) is 0. The van der Waals surface area contributed by atoms with Crippen molar-refractivity contribution in [3.05, 3.63) is 473 Å². The number of fused-ring (bicyclic) bond motifs is 21. The number of para-hydroxylation sites is 6. The van der Waals surface area contributed by atoms with Crippen LogP contribution in [-0.2, 0) is 0 Å². The smallest absolute Gasteiger partial charge is 0.0541 e. The lowest BCUT2D eigenvalue weighted by molar-refractivity contribution is 1.18. The Bertz CT molecular complexity index is 8950. The molecule has 4 heterocycles. The first-order valence-corrected chi connectivity index (χ1v) is 44.2. The Morgan fingerprint density at radius 3 is 0.734 bits per heavy atom. The molecular formula is C124H78N4. The molecule has 594 valence electrons. The highest BCUT2D eigenvalue weighted by molar-refractivity contribution is 6.26. The normalized spacial score (nSPS) is 11.9. The topological polar surface area (TPSA) is 19.7 Å². The monoisotopic (exact) mass is 1620 g/mol. The van der Waals surface area contributed by atoms with Gasteiger partial charge in [0.2, 0.25) is 0 Å². The molecule has 4 nitrogen and oxygen atoms in total. The molecule has 0 bridgehead atoms. The second-order valence-corrected chi connectivity index (χ2v) is 34.1. The molecule has 4 aromatic heterocycles. The molecule has 0 spiro atoms. The Hall–Kier alpha value is -16.9. The predicted molar refractivity (Wildman–Crippen MR) is 543 cm³/mol. The van der Waals surface area contributed by atoms with E-state index in [1.54, 1.807) is 0 Å². The van der Waals surface area contributed by atoms with E-state index in [9.17, 15) is 0 Å². The average molecular weight is 1620 g/mol. The lowest BCUT2D eigenvalue weighted by Crippen LogP contribution is -1.94. The van der Waals surface area contributed by atoms with E-state index < -0.39 is 0 Å². The Morgan fingerprint density at radius 2 is 0.336 bits per heavy atom. The molecule has 0 N–H and O–H groups in total. The number of nitrogens with zero attached hydrogens (tertiary/aromatic N) is 4. The zero-order chi connectivity index (χ0) is 84.0. The maximum atomic E-state index is 2.41. The summed E-state index contributed by atoms with van der Waals surface area (Å²) in [6.07, 6.45) is 0. The molecule has 26 aromatic rings. The van der Waals surface area contributed by atoms with E-state index in [-0.39, 0.29) is 0 Å². The molecule has 0 saturated heterocycles. The molecule has 4 heteroatoms. The van der Waals surface area contributed by atoms with Gasteiger partial charge in [-0.1, -0.05) is 340 Å². The van der Waals surface area contributed by atoms with Crippen LogP contribution >= 0.6 is 0 Å². The number of hydrogen-bond acceptors (Lipinski definition) is 0. The maximum Gasteiger partial charge on any atom is 0.0541 e. The van der Waals surface area contributed by atoms with Crippen LogP contribution in [0.4, 0.5) is 0 Å². The molecule has 0 aliphatic heterocycles. The van der Waals surface area contributed by atoms with E-state index in [1.165, 1.54) is 242 Å².